The molecule has 0 aromatic carbocycles. The third-order valence-corrected chi connectivity index (χ3v) is 6.02. The number of methoxy groups -OCH3 is 1. The molecule has 1 fully saturated rings. The largest absolute Gasteiger partial charge is 0.378 e. The molecule has 0 aliphatic carbocycles. The number of ether oxygens (including phenoxy) is 1. The number of amides is 2. The number of allylic oxidation sites excluding steroid dienone is 3. The molecule has 0 radical (unpaired) electrons. The van der Waals surface area contributed by atoms with Crippen molar-refractivity contribution in [2.75, 3.05) is 13.7 Å². The van der Waals surface area contributed by atoms with Gasteiger partial charge in [-0.05, 0) is 24.8 Å². The normalized spacial score (nSPS) is 20.3. The molecule has 1 aliphatic heterocycles. The lowest BCUT2D eigenvalue weighted by atomic mass is 9.94. The van der Waals surface area contributed by atoms with Gasteiger partial charge in [0.1, 0.15) is 5.01 Å². The first-order valence-corrected chi connectivity index (χ1v) is 10.3. The average molecular weight is 404 g/mol. The SMILES string of the molecule is C=C/C=C(\C=C)CC(NC(=O)C(C)C(OC)C1CCCN1C=O)c1nccs1. The number of nitrogens with one attached hydrogen (secondary N) is 1. The number of aromatic nitrogens is 1. The Morgan fingerprint density at radius 1 is 1.54 bits per heavy atom. The highest BCUT2D eigenvalue weighted by Crippen LogP contribution is 2.27. The first-order chi connectivity index (χ1) is 13.5. The van der Waals surface area contributed by atoms with Crippen LogP contribution in [0.2, 0.25) is 0 Å². The van der Waals surface area contributed by atoms with Crippen LogP contribution in [0.4, 0.5) is 0 Å². The summed E-state index contributed by atoms with van der Waals surface area (Å²) in [6.07, 6.45) is 9.90. The van der Waals surface area contributed by atoms with Gasteiger partial charge in [-0.3, -0.25) is 9.59 Å². The van der Waals surface area contributed by atoms with Gasteiger partial charge < -0.3 is 15.0 Å². The van der Waals surface area contributed by atoms with Crippen LogP contribution in [-0.4, -0.2) is 48.0 Å². The zero-order valence-corrected chi connectivity index (χ0v) is 17.4. The summed E-state index contributed by atoms with van der Waals surface area (Å²) in [7, 11) is 1.59. The number of carbonyl (C=O) groups excluding carboxylic acids is 2. The summed E-state index contributed by atoms with van der Waals surface area (Å²) in [5.41, 5.74) is 0.967. The molecule has 0 saturated carbocycles. The Bertz CT molecular complexity index is 702. The zero-order valence-electron chi connectivity index (χ0n) is 16.5. The van der Waals surface area contributed by atoms with Gasteiger partial charge in [-0.1, -0.05) is 38.3 Å². The number of nitrogens with zero attached hydrogens (tertiary/aromatic N) is 2. The second-order valence-corrected chi connectivity index (χ2v) is 7.78. The smallest absolute Gasteiger partial charge is 0.226 e. The van der Waals surface area contributed by atoms with Gasteiger partial charge in [0.15, 0.2) is 0 Å². The number of hydrogen-bond donors (Lipinski definition) is 1. The highest BCUT2D eigenvalue weighted by Gasteiger charge is 2.37. The summed E-state index contributed by atoms with van der Waals surface area (Å²) in [5.74, 6) is -0.527. The maximum absolute atomic E-state index is 13.0. The van der Waals surface area contributed by atoms with E-state index in [1.807, 2.05) is 18.4 Å². The van der Waals surface area contributed by atoms with Gasteiger partial charge >= 0.3 is 0 Å². The summed E-state index contributed by atoms with van der Waals surface area (Å²) in [4.78, 5) is 30.5. The molecule has 2 amide bonds. The van der Waals surface area contributed by atoms with Crippen LogP contribution >= 0.6 is 11.3 Å². The standard InChI is InChI=1S/C21H29N3O3S/c1-5-8-16(6-2)13-17(21-22-10-12-28-21)23-20(26)15(3)19(27-4)18-9-7-11-24(18)14-25/h5-6,8,10,12,14-15,17-19H,1-2,7,9,11,13H2,3-4H3,(H,23,26)/b16-8+. The van der Waals surface area contributed by atoms with Crippen LogP contribution in [0.15, 0.2) is 48.5 Å². The van der Waals surface area contributed by atoms with Crippen molar-refractivity contribution in [1.82, 2.24) is 15.2 Å². The van der Waals surface area contributed by atoms with Crippen LogP contribution in [0.25, 0.3) is 0 Å². The molecule has 2 heterocycles. The van der Waals surface area contributed by atoms with Crippen molar-refractivity contribution in [3.8, 4) is 0 Å². The number of hydrogen-bond acceptors (Lipinski definition) is 5. The molecule has 0 bridgehead atoms. The van der Waals surface area contributed by atoms with Gasteiger partial charge in [-0.25, -0.2) is 4.98 Å². The molecule has 0 spiro atoms. The van der Waals surface area contributed by atoms with Crippen molar-refractivity contribution in [3.63, 3.8) is 0 Å². The van der Waals surface area contributed by atoms with E-state index in [1.54, 1.807) is 30.4 Å². The Labute approximate surface area is 171 Å². The van der Waals surface area contributed by atoms with Crippen molar-refractivity contribution in [3.05, 3.63) is 53.5 Å². The van der Waals surface area contributed by atoms with E-state index in [-0.39, 0.29) is 24.1 Å². The lowest BCUT2D eigenvalue weighted by Gasteiger charge is -2.32. The Morgan fingerprint density at radius 3 is 2.89 bits per heavy atom. The van der Waals surface area contributed by atoms with Crippen LogP contribution in [0.3, 0.4) is 0 Å². The quantitative estimate of drug-likeness (QED) is 0.455. The van der Waals surface area contributed by atoms with Gasteiger partial charge in [0.05, 0.1) is 24.1 Å². The molecule has 1 aromatic rings. The third-order valence-electron chi connectivity index (χ3n) is 5.14. The minimum Gasteiger partial charge on any atom is -0.378 e. The summed E-state index contributed by atoms with van der Waals surface area (Å²) in [5, 5.41) is 5.84. The highest BCUT2D eigenvalue weighted by molar-refractivity contribution is 7.09. The van der Waals surface area contributed by atoms with Crippen molar-refractivity contribution in [2.24, 2.45) is 5.92 Å². The fourth-order valence-electron chi connectivity index (χ4n) is 3.66. The van der Waals surface area contributed by atoms with E-state index in [0.29, 0.717) is 13.0 Å². The maximum atomic E-state index is 13.0. The van der Waals surface area contributed by atoms with Crippen molar-refractivity contribution in [1.29, 1.82) is 0 Å². The first kappa shape index (κ1) is 22.0. The lowest BCUT2D eigenvalue weighted by molar-refractivity contribution is -0.134. The van der Waals surface area contributed by atoms with Crippen LogP contribution in [0.5, 0.6) is 0 Å². The lowest BCUT2D eigenvalue weighted by Crippen LogP contribution is -2.48. The van der Waals surface area contributed by atoms with Crippen LogP contribution in [0, 0.1) is 5.92 Å². The molecular formula is C21H29N3O3S. The van der Waals surface area contributed by atoms with Crippen molar-refractivity contribution in [2.45, 2.75) is 44.4 Å². The average Bonchev–Trinajstić information content (AvgIpc) is 3.39. The van der Waals surface area contributed by atoms with Gasteiger partial charge in [-0.15, -0.1) is 11.3 Å². The molecular weight excluding hydrogens is 374 g/mol. The number of rotatable bonds is 11. The van der Waals surface area contributed by atoms with E-state index < -0.39 is 5.92 Å². The molecule has 6 nitrogen and oxygen atoms in total. The molecule has 7 heteroatoms. The first-order valence-electron chi connectivity index (χ1n) is 9.43. The zero-order chi connectivity index (χ0) is 20.5. The predicted molar refractivity (Wildman–Crippen MR) is 112 cm³/mol. The Morgan fingerprint density at radius 2 is 2.32 bits per heavy atom. The Balaban J connectivity index is 2.14. The van der Waals surface area contributed by atoms with E-state index in [9.17, 15) is 9.59 Å². The van der Waals surface area contributed by atoms with Crippen LogP contribution < -0.4 is 5.32 Å². The van der Waals surface area contributed by atoms with Crippen LogP contribution in [-0.2, 0) is 14.3 Å². The van der Waals surface area contributed by atoms with Gasteiger partial charge in [0.2, 0.25) is 12.3 Å². The molecule has 152 valence electrons. The molecule has 4 atom stereocenters. The maximum Gasteiger partial charge on any atom is 0.226 e. The second-order valence-electron chi connectivity index (χ2n) is 6.86. The van der Waals surface area contributed by atoms with E-state index in [1.165, 1.54) is 11.3 Å². The third kappa shape index (κ3) is 5.39. The van der Waals surface area contributed by atoms with Gasteiger partial charge in [0.25, 0.3) is 0 Å². The van der Waals surface area contributed by atoms with E-state index in [0.717, 1.165) is 29.8 Å². The molecule has 4 unspecified atom stereocenters. The minimum atomic E-state index is -0.409. The topological polar surface area (TPSA) is 71.5 Å². The van der Waals surface area contributed by atoms with E-state index in [4.69, 9.17) is 4.74 Å². The Kier molecular flexibility index (Phi) is 8.60. The molecule has 2 rings (SSSR count). The fraction of sp³-hybridized carbons (Fsp3) is 0.476. The van der Waals surface area contributed by atoms with Crippen LogP contribution in [0.1, 0.15) is 37.2 Å². The van der Waals surface area contributed by atoms with E-state index >= 15 is 0 Å². The molecule has 1 aliphatic rings. The highest BCUT2D eigenvalue weighted by atomic mass is 32.1. The fourth-order valence-corrected chi connectivity index (χ4v) is 4.35. The molecule has 1 N–H and O–H groups in total. The van der Waals surface area contributed by atoms with Gasteiger partial charge in [-0.2, -0.15) is 0 Å². The number of carbonyl (C=O) groups is 2. The van der Waals surface area contributed by atoms with Crippen molar-refractivity contribution < 1.29 is 14.3 Å². The minimum absolute atomic E-state index is 0.0778. The summed E-state index contributed by atoms with van der Waals surface area (Å²) >= 11 is 1.50. The molecule has 28 heavy (non-hydrogen) atoms. The summed E-state index contributed by atoms with van der Waals surface area (Å²) in [6.45, 7) is 10.1. The summed E-state index contributed by atoms with van der Waals surface area (Å²) in [6, 6.07) is -0.339. The van der Waals surface area contributed by atoms with E-state index in [2.05, 4.69) is 23.5 Å². The summed E-state index contributed by atoms with van der Waals surface area (Å²) < 4.78 is 5.65. The molecule has 1 saturated heterocycles. The monoisotopic (exact) mass is 403 g/mol. The van der Waals surface area contributed by atoms with Gasteiger partial charge in [0, 0.05) is 25.2 Å². The second kappa shape index (κ2) is 10.9. The Hall–Kier alpha value is -2.25. The van der Waals surface area contributed by atoms with Crippen molar-refractivity contribution >= 4 is 23.7 Å². The number of thiazole rings is 1. The predicted octanol–water partition coefficient (Wildman–Crippen LogP) is 3.26. The number of likely N-dealkylation sites (tertiary alicyclic amines) is 1. The molecule has 1 aromatic heterocycles.